The van der Waals surface area contributed by atoms with Crippen molar-refractivity contribution in [1.29, 1.82) is 0 Å². The fourth-order valence-corrected chi connectivity index (χ4v) is 6.38. The highest BCUT2D eigenvalue weighted by molar-refractivity contribution is 7.16. The maximum absolute atomic E-state index is 10.9. The van der Waals surface area contributed by atoms with E-state index in [-0.39, 0.29) is 11.3 Å². The number of unbranched alkanes of at least 4 members (excludes halogenated alkanes) is 2. The molecule has 1 N–H and O–H groups in total. The number of aliphatic hydroxyl groups is 1. The molecule has 6 heteroatoms. The molecule has 37 heavy (non-hydrogen) atoms. The topological polar surface area (TPSA) is 52.0 Å². The molecule has 0 amide bonds. The van der Waals surface area contributed by atoms with Crippen LogP contribution < -0.4 is 4.90 Å². The van der Waals surface area contributed by atoms with Crippen LogP contribution in [-0.4, -0.2) is 47.2 Å². The van der Waals surface area contributed by atoms with Gasteiger partial charge in [0.15, 0.2) is 11.4 Å². The first-order chi connectivity index (χ1) is 17.5. The molecule has 0 spiro atoms. The molecule has 5 nitrogen and oxygen atoms in total. The predicted octanol–water partition coefficient (Wildman–Crippen LogP) is 8.34. The minimum absolute atomic E-state index is 0.0872. The van der Waals surface area contributed by atoms with Crippen LogP contribution in [0.15, 0.2) is 10.7 Å². The van der Waals surface area contributed by atoms with Gasteiger partial charge in [-0.25, -0.2) is 4.98 Å². The van der Waals surface area contributed by atoms with Crippen molar-refractivity contribution in [3.05, 3.63) is 16.1 Å². The van der Waals surface area contributed by atoms with Crippen LogP contribution in [0, 0.1) is 17.8 Å². The van der Waals surface area contributed by atoms with Crippen LogP contribution >= 0.6 is 11.3 Å². The van der Waals surface area contributed by atoms with Crippen LogP contribution in [0.5, 0.6) is 0 Å². The van der Waals surface area contributed by atoms with E-state index in [9.17, 15) is 5.11 Å². The summed E-state index contributed by atoms with van der Waals surface area (Å²) in [5.41, 5.74) is 2.92. The van der Waals surface area contributed by atoms with E-state index < -0.39 is 6.23 Å². The van der Waals surface area contributed by atoms with Gasteiger partial charge in [-0.1, -0.05) is 112 Å². The molecule has 0 saturated carbocycles. The van der Waals surface area contributed by atoms with Crippen LogP contribution in [0.4, 0.5) is 5.13 Å². The van der Waals surface area contributed by atoms with E-state index in [1.807, 2.05) is 7.05 Å². The Balaban J connectivity index is 2.54. The monoisotopic (exact) mass is 532 g/mol. The predicted molar refractivity (Wildman–Crippen MR) is 164 cm³/mol. The largest absolute Gasteiger partial charge is 0.368 e. The number of aliphatic hydroxyl groups excluding tert-OH is 1. The average Bonchev–Trinajstić information content (AvgIpc) is 3.40. The van der Waals surface area contributed by atoms with Gasteiger partial charge in [-0.05, 0) is 36.7 Å². The summed E-state index contributed by atoms with van der Waals surface area (Å²) in [7, 11) is 1.85. The molecule has 0 aliphatic carbocycles. The Morgan fingerprint density at radius 2 is 1.54 bits per heavy atom. The van der Waals surface area contributed by atoms with Crippen LogP contribution in [-0.2, 0) is 5.41 Å². The molecule has 0 bridgehead atoms. The smallest absolute Gasteiger partial charge is 0.186 e. The highest BCUT2D eigenvalue weighted by Gasteiger charge is 2.32. The van der Waals surface area contributed by atoms with Crippen molar-refractivity contribution >= 4 is 28.3 Å². The van der Waals surface area contributed by atoms with Gasteiger partial charge >= 0.3 is 0 Å². The Morgan fingerprint density at radius 1 is 1.00 bits per heavy atom. The molecule has 1 aliphatic rings. The molecule has 0 saturated heterocycles. The molecular formula is C31H56N4OS. The molecule has 3 unspecified atom stereocenters. The quantitative estimate of drug-likeness (QED) is 0.247. The van der Waals surface area contributed by atoms with E-state index >= 15 is 0 Å². The van der Waals surface area contributed by atoms with Crippen molar-refractivity contribution in [3.8, 4) is 0 Å². The Hall–Kier alpha value is -1.40. The second-order valence-corrected chi connectivity index (χ2v) is 13.4. The Bertz CT molecular complexity index is 864. The lowest BCUT2D eigenvalue weighted by molar-refractivity contribution is 0.0718. The molecule has 2 rings (SSSR count). The third-order valence-corrected chi connectivity index (χ3v) is 8.76. The van der Waals surface area contributed by atoms with Gasteiger partial charge in [0.25, 0.3) is 0 Å². The summed E-state index contributed by atoms with van der Waals surface area (Å²) in [4.78, 5) is 9.11. The maximum Gasteiger partial charge on any atom is 0.186 e. The van der Waals surface area contributed by atoms with Crippen molar-refractivity contribution < 1.29 is 5.11 Å². The Morgan fingerprint density at radius 3 is 1.97 bits per heavy atom. The number of hydrogen-bond acceptors (Lipinski definition) is 6. The number of hydrazone groups is 1. The first kappa shape index (κ1) is 31.8. The summed E-state index contributed by atoms with van der Waals surface area (Å²) in [6.45, 7) is 22.5. The van der Waals surface area contributed by atoms with Crippen LogP contribution in [0.1, 0.15) is 124 Å². The van der Waals surface area contributed by atoms with E-state index in [0.29, 0.717) is 11.8 Å². The van der Waals surface area contributed by atoms with Gasteiger partial charge in [-0.3, -0.25) is 5.01 Å². The summed E-state index contributed by atoms with van der Waals surface area (Å²) in [6, 6.07) is 0. The van der Waals surface area contributed by atoms with Gasteiger partial charge in [0, 0.05) is 31.1 Å². The maximum atomic E-state index is 10.9. The Labute approximate surface area is 232 Å². The van der Waals surface area contributed by atoms with Crippen LogP contribution in [0.25, 0.3) is 6.08 Å². The summed E-state index contributed by atoms with van der Waals surface area (Å²) in [5, 5.41) is 18.4. The lowest BCUT2D eigenvalue weighted by Gasteiger charge is -2.30. The van der Waals surface area contributed by atoms with Crippen molar-refractivity contribution in [2.45, 2.75) is 125 Å². The van der Waals surface area contributed by atoms with Gasteiger partial charge in [0.2, 0.25) is 0 Å². The molecule has 1 aromatic rings. The highest BCUT2D eigenvalue weighted by atomic mass is 32.1. The molecule has 1 aromatic heterocycles. The van der Waals surface area contributed by atoms with Crippen molar-refractivity contribution in [3.63, 3.8) is 0 Å². The average molecular weight is 533 g/mol. The molecule has 1 aliphatic heterocycles. The van der Waals surface area contributed by atoms with Crippen LogP contribution in [0.2, 0.25) is 0 Å². The normalized spacial score (nSPS) is 19.1. The number of aromatic nitrogens is 1. The van der Waals surface area contributed by atoms with E-state index in [0.717, 1.165) is 40.1 Å². The van der Waals surface area contributed by atoms with Crippen molar-refractivity contribution in [2.75, 3.05) is 25.0 Å². The second kappa shape index (κ2) is 14.7. The minimum Gasteiger partial charge on any atom is -0.368 e. The van der Waals surface area contributed by atoms with Crippen molar-refractivity contribution in [2.24, 2.45) is 22.9 Å². The summed E-state index contributed by atoms with van der Waals surface area (Å²) < 4.78 is 0. The first-order valence-corrected chi connectivity index (χ1v) is 15.8. The molecule has 0 radical (unpaired) electrons. The zero-order chi connectivity index (χ0) is 27.8. The summed E-state index contributed by atoms with van der Waals surface area (Å²) in [6.07, 6.45) is 11.6. The third-order valence-electron chi connectivity index (χ3n) is 7.69. The van der Waals surface area contributed by atoms with E-state index in [2.05, 4.69) is 78.4 Å². The number of likely N-dealkylation sites (N-methyl/N-ethyl adjacent to an activating group) is 1. The second-order valence-electron chi connectivity index (χ2n) is 12.4. The number of hydrogen-bond donors (Lipinski definition) is 1. The molecule has 2 heterocycles. The fraction of sp³-hybridized carbons (Fsp3) is 0.806. The first-order valence-electron chi connectivity index (χ1n) is 14.9. The van der Waals surface area contributed by atoms with Gasteiger partial charge in [0.05, 0.1) is 16.3 Å². The van der Waals surface area contributed by atoms with Gasteiger partial charge in [0.1, 0.15) is 0 Å². The molecule has 0 aromatic carbocycles. The highest BCUT2D eigenvalue weighted by Crippen LogP contribution is 2.38. The van der Waals surface area contributed by atoms with Gasteiger partial charge in [-0.2, -0.15) is 5.10 Å². The Kier molecular flexibility index (Phi) is 12.6. The number of nitrogens with zero attached hydrogens (tertiary/aromatic N) is 4. The fourth-order valence-electron chi connectivity index (χ4n) is 5.13. The summed E-state index contributed by atoms with van der Waals surface area (Å²) >= 11 is 1.80. The van der Waals surface area contributed by atoms with E-state index in [1.54, 1.807) is 16.3 Å². The zero-order valence-electron chi connectivity index (χ0n) is 25.6. The van der Waals surface area contributed by atoms with Gasteiger partial charge < -0.3 is 10.0 Å². The molecular weight excluding hydrogens is 476 g/mol. The zero-order valence-corrected chi connectivity index (χ0v) is 26.4. The summed E-state index contributed by atoms with van der Waals surface area (Å²) in [5.74, 6) is 1.63. The number of thiazole rings is 1. The lowest BCUT2D eigenvalue weighted by atomic mass is 9.90. The molecule has 212 valence electrons. The van der Waals surface area contributed by atoms with Crippen LogP contribution in [0.3, 0.4) is 0 Å². The minimum atomic E-state index is -0.705. The van der Waals surface area contributed by atoms with Crippen molar-refractivity contribution in [1.82, 2.24) is 9.99 Å². The van der Waals surface area contributed by atoms with E-state index in [1.165, 1.54) is 51.4 Å². The van der Waals surface area contributed by atoms with Gasteiger partial charge in [-0.15, -0.1) is 0 Å². The SMILES string of the molecule is CCCCC(CC)CN(CC(CC)CCCC)c1nc(C(C)(C)C)c(/C=C2/C(C(C)C)=NN(C)C2O)s1. The van der Waals surface area contributed by atoms with E-state index in [4.69, 9.17) is 4.98 Å². The third kappa shape index (κ3) is 8.81. The molecule has 0 fully saturated rings. The molecule has 3 atom stereocenters. The lowest BCUT2D eigenvalue weighted by Crippen LogP contribution is -2.34. The number of rotatable bonds is 15. The number of anilines is 1. The standard InChI is InChI=1S/C31H56N4OS/c1-11-15-17-23(13-3)20-35(21-24(14-4)18-16-12-2)30-32-28(31(7,8)9)26(37-30)19-25-27(22(5)6)33-34(10)29(25)36/h19,22-24,29,36H,11-18,20-21H2,1-10H3/b25-19-.